The minimum Gasteiger partial charge on any atom is -0.410 e. The SMILES string of the molecule is N#CC[C@H](C1CCCC1)n1cc(-c2ncnc3c2ccn3C(=O)Oc2ccc([N+](=O)[O-])cc2)cn1. The maximum Gasteiger partial charge on any atom is 0.425 e. The van der Waals surface area contributed by atoms with E-state index in [0.29, 0.717) is 29.1 Å². The molecule has 1 aliphatic carbocycles. The van der Waals surface area contributed by atoms with Crippen molar-refractivity contribution in [1.29, 1.82) is 5.26 Å². The average Bonchev–Trinajstić information content (AvgIpc) is 3.63. The third-order valence-electron chi connectivity index (χ3n) is 6.39. The van der Waals surface area contributed by atoms with Crippen LogP contribution in [0, 0.1) is 27.4 Å². The number of aromatic nitrogens is 5. The van der Waals surface area contributed by atoms with Crippen molar-refractivity contribution in [3.8, 4) is 23.1 Å². The predicted molar refractivity (Wildman–Crippen MR) is 124 cm³/mol. The van der Waals surface area contributed by atoms with Crippen LogP contribution in [-0.2, 0) is 0 Å². The second kappa shape index (κ2) is 9.34. The van der Waals surface area contributed by atoms with Crippen LogP contribution in [0.25, 0.3) is 22.3 Å². The Kier molecular flexibility index (Phi) is 5.93. The standard InChI is InChI=1S/C24H21N7O4/c25-11-9-21(16-3-1-2-4-16)30-14-17(13-28-30)22-20-10-12-29(23(20)27-15-26-22)24(32)35-19-7-5-18(6-8-19)31(33)34/h5-8,10,12-16,21H,1-4,9H2/t21-/m1/s1. The molecular formula is C24H21N7O4. The molecule has 1 fully saturated rings. The molecular weight excluding hydrogens is 450 g/mol. The lowest BCUT2D eigenvalue weighted by Gasteiger charge is -2.21. The van der Waals surface area contributed by atoms with E-state index in [0.717, 1.165) is 18.4 Å². The molecule has 0 bridgehead atoms. The Morgan fingerprint density at radius 1 is 1.23 bits per heavy atom. The zero-order chi connectivity index (χ0) is 24.4. The van der Waals surface area contributed by atoms with Gasteiger partial charge in [0.1, 0.15) is 12.1 Å². The van der Waals surface area contributed by atoms with Crippen molar-refractivity contribution >= 4 is 22.8 Å². The number of ether oxygens (including phenoxy) is 1. The number of nitro groups is 1. The fourth-order valence-corrected chi connectivity index (χ4v) is 4.67. The first kappa shape index (κ1) is 22.2. The third kappa shape index (κ3) is 4.33. The number of hydrogen-bond acceptors (Lipinski definition) is 8. The topological polar surface area (TPSA) is 142 Å². The van der Waals surface area contributed by atoms with Gasteiger partial charge in [-0.2, -0.15) is 10.4 Å². The number of carbonyl (C=O) groups excluding carboxylic acids is 1. The number of hydrogen-bond donors (Lipinski definition) is 0. The quantitative estimate of drug-likeness (QED) is 0.286. The van der Waals surface area contributed by atoms with Crippen LogP contribution in [0.4, 0.5) is 10.5 Å². The molecule has 0 saturated heterocycles. The van der Waals surface area contributed by atoms with Crippen LogP contribution < -0.4 is 4.74 Å². The molecule has 3 aromatic heterocycles. The highest BCUT2D eigenvalue weighted by atomic mass is 16.6. The summed E-state index contributed by atoms with van der Waals surface area (Å²) in [6.07, 6.45) is 10.8. The first-order valence-electron chi connectivity index (χ1n) is 11.3. The van der Waals surface area contributed by atoms with E-state index in [4.69, 9.17) is 4.74 Å². The van der Waals surface area contributed by atoms with Crippen molar-refractivity contribution in [1.82, 2.24) is 24.3 Å². The van der Waals surface area contributed by atoms with Crippen LogP contribution >= 0.6 is 0 Å². The maximum absolute atomic E-state index is 12.8. The predicted octanol–water partition coefficient (Wildman–Crippen LogP) is 4.90. The molecule has 1 aromatic carbocycles. The van der Waals surface area contributed by atoms with Crippen molar-refractivity contribution in [2.75, 3.05) is 0 Å². The first-order chi connectivity index (χ1) is 17.0. The van der Waals surface area contributed by atoms with Crippen molar-refractivity contribution in [2.24, 2.45) is 5.92 Å². The van der Waals surface area contributed by atoms with Gasteiger partial charge in [0.2, 0.25) is 0 Å². The molecule has 0 amide bonds. The molecule has 0 aliphatic heterocycles. The molecule has 0 N–H and O–H groups in total. The van der Waals surface area contributed by atoms with E-state index in [2.05, 4.69) is 21.1 Å². The lowest BCUT2D eigenvalue weighted by atomic mass is 9.96. The molecule has 1 saturated carbocycles. The molecule has 4 aromatic rings. The van der Waals surface area contributed by atoms with E-state index >= 15 is 0 Å². The smallest absolute Gasteiger partial charge is 0.410 e. The van der Waals surface area contributed by atoms with Gasteiger partial charge in [-0.05, 0) is 37.0 Å². The summed E-state index contributed by atoms with van der Waals surface area (Å²) in [5.41, 5.74) is 1.64. The normalized spacial score (nSPS) is 14.6. The molecule has 1 atom stereocenters. The number of rotatable bonds is 6. The van der Waals surface area contributed by atoms with Crippen molar-refractivity contribution in [3.05, 3.63) is 65.4 Å². The molecule has 3 heterocycles. The van der Waals surface area contributed by atoms with Gasteiger partial charge in [-0.15, -0.1) is 0 Å². The summed E-state index contributed by atoms with van der Waals surface area (Å²) < 4.78 is 8.48. The van der Waals surface area contributed by atoms with E-state index in [1.807, 2.05) is 10.9 Å². The van der Waals surface area contributed by atoms with Crippen LogP contribution in [0.5, 0.6) is 5.75 Å². The van der Waals surface area contributed by atoms with E-state index < -0.39 is 11.0 Å². The van der Waals surface area contributed by atoms with Gasteiger partial charge in [0.05, 0.1) is 35.3 Å². The number of nitro benzene ring substituents is 1. The lowest BCUT2D eigenvalue weighted by molar-refractivity contribution is -0.384. The lowest BCUT2D eigenvalue weighted by Crippen LogP contribution is -2.17. The number of carbonyl (C=O) groups is 1. The van der Waals surface area contributed by atoms with Gasteiger partial charge in [0.25, 0.3) is 5.69 Å². The van der Waals surface area contributed by atoms with E-state index in [-0.39, 0.29) is 17.5 Å². The second-order valence-electron chi connectivity index (χ2n) is 8.45. The summed E-state index contributed by atoms with van der Waals surface area (Å²) in [4.78, 5) is 31.7. The van der Waals surface area contributed by atoms with Gasteiger partial charge in [-0.25, -0.2) is 19.3 Å². The molecule has 0 unspecified atom stereocenters. The number of nitriles is 1. The van der Waals surface area contributed by atoms with Gasteiger partial charge in [-0.3, -0.25) is 14.8 Å². The molecule has 5 rings (SSSR count). The van der Waals surface area contributed by atoms with Crippen LogP contribution in [0.1, 0.15) is 38.1 Å². The highest BCUT2D eigenvalue weighted by Crippen LogP contribution is 2.36. The third-order valence-corrected chi connectivity index (χ3v) is 6.39. The molecule has 11 heteroatoms. The first-order valence-corrected chi connectivity index (χ1v) is 11.3. The average molecular weight is 471 g/mol. The highest BCUT2D eigenvalue weighted by molar-refractivity contribution is 5.95. The Hall–Kier alpha value is -4.59. The Morgan fingerprint density at radius 3 is 2.71 bits per heavy atom. The van der Waals surface area contributed by atoms with Gasteiger partial charge in [0, 0.05) is 35.5 Å². The van der Waals surface area contributed by atoms with E-state index in [1.165, 1.54) is 54.2 Å². The summed E-state index contributed by atoms with van der Waals surface area (Å²) >= 11 is 0. The van der Waals surface area contributed by atoms with E-state index in [1.54, 1.807) is 12.3 Å². The largest absolute Gasteiger partial charge is 0.425 e. The Morgan fingerprint density at radius 2 is 2.00 bits per heavy atom. The summed E-state index contributed by atoms with van der Waals surface area (Å²) in [7, 11) is 0. The fourth-order valence-electron chi connectivity index (χ4n) is 4.67. The summed E-state index contributed by atoms with van der Waals surface area (Å²) in [5.74, 6) is 0.608. The van der Waals surface area contributed by atoms with Crippen LogP contribution in [0.2, 0.25) is 0 Å². The zero-order valence-corrected chi connectivity index (χ0v) is 18.6. The Labute approximate surface area is 199 Å². The van der Waals surface area contributed by atoms with Crippen LogP contribution in [-0.4, -0.2) is 35.3 Å². The van der Waals surface area contributed by atoms with Gasteiger partial charge >= 0.3 is 6.09 Å². The molecule has 35 heavy (non-hydrogen) atoms. The fraction of sp³-hybridized carbons (Fsp3) is 0.292. The van der Waals surface area contributed by atoms with Gasteiger partial charge in [0.15, 0.2) is 5.65 Å². The highest BCUT2D eigenvalue weighted by Gasteiger charge is 2.27. The van der Waals surface area contributed by atoms with Crippen molar-refractivity contribution in [3.63, 3.8) is 0 Å². The second-order valence-corrected chi connectivity index (χ2v) is 8.45. The van der Waals surface area contributed by atoms with E-state index in [9.17, 15) is 20.2 Å². The molecule has 1 aliphatic rings. The molecule has 0 spiro atoms. The Bertz CT molecular complexity index is 1430. The molecule has 0 radical (unpaired) electrons. The summed E-state index contributed by atoms with van der Waals surface area (Å²) in [6, 6.07) is 9.29. The maximum atomic E-state index is 12.8. The minimum absolute atomic E-state index is 0.0230. The number of non-ortho nitro benzene ring substituents is 1. The van der Waals surface area contributed by atoms with Crippen molar-refractivity contribution in [2.45, 2.75) is 38.1 Å². The monoisotopic (exact) mass is 471 g/mol. The zero-order valence-electron chi connectivity index (χ0n) is 18.6. The summed E-state index contributed by atoms with van der Waals surface area (Å²) in [6.45, 7) is 0. The van der Waals surface area contributed by atoms with Gasteiger partial charge in [-0.1, -0.05) is 12.8 Å². The number of benzene rings is 1. The summed E-state index contributed by atoms with van der Waals surface area (Å²) in [5, 5.41) is 25.3. The molecule has 11 nitrogen and oxygen atoms in total. The minimum atomic E-state index is -0.704. The van der Waals surface area contributed by atoms with Crippen LogP contribution in [0.3, 0.4) is 0 Å². The Balaban J connectivity index is 1.41. The molecule has 176 valence electrons. The van der Waals surface area contributed by atoms with Gasteiger partial charge < -0.3 is 4.74 Å². The van der Waals surface area contributed by atoms with Crippen LogP contribution in [0.15, 0.2) is 55.2 Å². The number of fused-ring (bicyclic) bond motifs is 1. The number of nitrogens with zero attached hydrogens (tertiary/aromatic N) is 7. The van der Waals surface area contributed by atoms with Crippen molar-refractivity contribution < 1.29 is 14.5 Å².